The van der Waals surface area contributed by atoms with E-state index in [-0.39, 0.29) is 6.04 Å². The average Bonchev–Trinajstić information content (AvgIpc) is 3.05. The minimum Gasteiger partial charge on any atom is -0.329 e. The largest absolute Gasteiger partial charge is 0.329 e. The topological polar surface area (TPSA) is 61.7 Å². The first-order chi connectivity index (χ1) is 10.1. The van der Waals surface area contributed by atoms with E-state index in [4.69, 9.17) is 17.3 Å². The number of hydrogen-bond donors (Lipinski definition) is 1. The van der Waals surface area contributed by atoms with Crippen molar-refractivity contribution in [3.8, 4) is 0 Å². The van der Waals surface area contributed by atoms with Gasteiger partial charge in [-0.25, -0.2) is 4.98 Å². The molecule has 0 aromatic carbocycles. The van der Waals surface area contributed by atoms with Crippen LogP contribution in [-0.2, 0) is 25.9 Å². The second-order valence-corrected chi connectivity index (χ2v) is 5.60. The molecule has 1 atom stereocenters. The Labute approximate surface area is 131 Å². The van der Waals surface area contributed by atoms with Crippen molar-refractivity contribution in [1.82, 2.24) is 19.3 Å². The molecule has 0 aliphatic heterocycles. The first kappa shape index (κ1) is 16.0. The highest BCUT2D eigenvalue weighted by atomic mass is 35.5. The number of imidazole rings is 1. The lowest BCUT2D eigenvalue weighted by molar-refractivity contribution is 0.566. The molecule has 0 amide bonds. The van der Waals surface area contributed by atoms with Crippen molar-refractivity contribution in [3.05, 3.63) is 34.6 Å². The maximum atomic E-state index is 6.47. The summed E-state index contributed by atoms with van der Waals surface area (Å²) in [5.41, 5.74) is 8.04. The zero-order valence-corrected chi connectivity index (χ0v) is 13.8. The zero-order chi connectivity index (χ0) is 15.4. The van der Waals surface area contributed by atoms with E-state index in [1.165, 1.54) is 0 Å². The van der Waals surface area contributed by atoms with E-state index in [1.54, 1.807) is 0 Å². The lowest BCUT2D eigenvalue weighted by atomic mass is 10.1. The number of hydrogen-bond acceptors (Lipinski definition) is 3. The van der Waals surface area contributed by atoms with Crippen molar-refractivity contribution in [2.75, 3.05) is 0 Å². The van der Waals surface area contributed by atoms with Crippen LogP contribution < -0.4 is 5.73 Å². The van der Waals surface area contributed by atoms with Crippen LogP contribution in [0.4, 0.5) is 0 Å². The molecule has 6 heteroatoms. The Morgan fingerprint density at radius 1 is 1.33 bits per heavy atom. The van der Waals surface area contributed by atoms with Gasteiger partial charge in [-0.1, -0.05) is 25.4 Å². The molecular weight excluding hydrogens is 286 g/mol. The molecule has 0 aliphatic rings. The maximum absolute atomic E-state index is 6.47. The Kier molecular flexibility index (Phi) is 5.42. The molecule has 0 radical (unpaired) electrons. The molecule has 0 spiro atoms. The monoisotopic (exact) mass is 309 g/mol. The standard InChI is InChI=1S/C15H24ClN5/c1-4-11(17)9-14-18-7-8-20(14)10-13-15(16)12(5-2)19-21(13)6-3/h7-8,11H,4-6,9-10,17H2,1-3H3. The lowest BCUT2D eigenvalue weighted by Crippen LogP contribution is -2.24. The van der Waals surface area contributed by atoms with Crippen molar-refractivity contribution < 1.29 is 0 Å². The zero-order valence-electron chi connectivity index (χ0n) is 13.0. The molecule has 5 nitrogen and oxygen atoms in total. The predicted molar refractivity (Wildman–Crippen MR) is 85.6 cm³/mol. The van der Waals surface area contributed by atoms with Crippen LogP contribution in [0.3, 0.4) is 0 Å². The van der Waals surface area contributed by atoms with Gasteiger partial charge in [0.2, 0.25) is 0 Å². The van der Waals surface area contributed by atoms with E-state index < -0.39 is 0 Å². The fraction of sp³-hybridized carbons (Fsp3) is 0.600. The molecule has 21 heavy (non-hydrogen) atoms. The fourth-order valence-electron chi connectivity index (χ4n) is 2.38. The van der Waals surface area contributed by atoms with Crippen LogP contribution in [0.1, 0.15) is 44.4 Å². The molecule has 0 saturated heterocycles. The molecule has 2 aromatic heterocycles. The third-order valence-corrected chi connectivity index (χ3v) is 4.22. The third-order valence-electron chi connectivity index (χ3n) is 3.79. The van der Waals surface area contributed by atoms with Gasteiger partial charge in [-0.05, 0) is 19.8 Å². The van der Waals surface area contributed by atoms with Crippen LogP contribution in [0, 0.1) is 0 Å². The van der Waals surface area contributed by atoms with E-state index in [1.807, 2.05) is 17.1 Å². The predicted octanol–water partition coefficient (Wildman–Crippen LogP) is 2.64. The number of nitrogens with two attached hydrogens (primary N) is 1. The van der Waals surface area contributed by atoms with Gasteiger partial charge in [-0.2, -0.15) is 5.10 Å². The fourth-order valence-corrected chi connectivity index (χ4v) is 2.71. The Balaban J connectivity index is 2.26. The van der Waals surface area contributed by atoms with Crippen LogP contribution in [0.15, 0.2) is 12.4 Å². The normalized spacial score (nSPS) is 12.8. The summed E-state index contributed by atoms with van der Waals surface area (Å²) in [7, 11) is 0. The van der Waals surface area contributed by atoms with E-state index in [2.05, 4.69) is 35.4 Å². The number of nitrogens with zero attached hydrogens (tertiary/aromatic N) is 4. The highest BCUT2D eigenvalue weighted by molar-refractivity contribution is 6.31. The van der Waals surface area contributed by atoms with Gasteiger partial charge in [-0.15, -0.1) is 0 Å². The molecule has 2 aromatic rings. The van der Waals surface area contributed by atoms with Crippen molar-refractivity contribution >= 4 is 11.6 Å². The molecule has 0 aliphatic carbocycles. The van der Waals surface area contributed by atoms with Gasteiger partial charge < -0.3 is 10.3 Å². The molecule has 0 fully saturated rings. The smallest absolute Gasteiger partial charge is 0.110 e. The first-order valence-corrected chi connectivity index (χ1v) is 7.98. The summed E-state index contributed by atoms with van der Waals surface area (Å²) in [6.45, 7) is 7.74. The summed E-state index contributed by atoms with van der Waals surface area (Å²) in [5, 5.41) is 5.34. The molecule has 0 bridgehead atoms. The Morgan fingerprint density at radius 2 is 2.10 bits per heavy atom. The van der Waals surface area contributed by atoms with Gasteiger partial charge in [0.15, 0.2) is 0 Å². The quantitative estimate of drug-likeness (QED) is 0.855. The van der Waals surface area contributed by atoms with E-state index in [9.17, 15) is 0 Å². The molecular formula is C15H24ClN5. The van der Waals surface area contributed by atoms with Gasteiger partial charge in [-0.3, -0.25) is 4.68 Å². The Bertz CT molecular complexity index is 587. The number of aryl methyl sites for hydroxylation is 2. The van der Waals surface area contributed by atoms with Crippen LogP contribution in [0.5, 0.6) is 0 Å². The summed E-state index contributed by atoms with van der Waals surface area (Å²) in [6, 6.07) is 0.143. The second kappa shape index (κ2) is 7.09. The molecule has 116 valence electrons. The Hall–Kier alpha value is -1.33. The van der Waals surface area contributed by atoms with Gasteiger partial charge in [0, 0.05) is 31.4 Å². The second-order valence-electron chi connectivity index (χ2n) is 5.22. The Morgan fingerprint density at radius 3 is 2.71 bits per heavy atom. The van der Waals surface area contributed by atoms with Crippen molar-refractivity contribution in [2.24, 2.45) is 5.73 Å². The summed E-state index contributed by atoms with van der Waals surface area (Å²) in [5.74, 6) is 1.00. The van der Waals surface area contributed by atoms with Gasteiger partial charge >= 0.3 is 0 Å². The average molecular weight is 310 g/mol. The minimum atomic E-state index is 0.143. The number of aromatic nitrogens is 4. The van der Waals surface area contributed by atoms with Crippen molar-refractivity contribution in [2.45, 2.75) is 59.2 Å². The van der Waals surface area contributed by atoms with Crippen LogP contribution in [-0.4, -0.2) is 25.4 Å². The molecule has 0 saturated carbocycles. The molecule has 2 N–H and O–H groups in total. The summed E-state index contributed by atoms with van der Waals surface area (Å²) < 4.78 is 4.09. The number of rotatable bonds is 7. The van der Waals surface area contributed by atoms with Crippen LogP contribution in [0.2, 0.25) is 5.02 Å². The van der Waals surface area contributed by atoms with E-state index in [0.717, 1.165) is 48.0 Å². The highest BCUT2D eigenvalue weighted by Gasteiger charge is 2.16. The summed E-state index contributed by atoms with van der Waals surface area (Å²) in [6.07, 6.45) is 6.37. The highest BCUT2D eigenvalue weighted by Crippen LogP contribution is 2.23. The van der Waals surface area contributed by atoms with Gasteiger partial charge in [0.05, 0.1) is 23.0 Å². The van der Waals surface area contributed by atoms with Crippen LogP contribution in [0.25, 0.3) is 0 Å². The minimum absolute atomic E-state index is 0.143. The molecule has 2 heterocycles. The SMILES string of the molecule is CCc1nn(CC)c(Cn2ccnc2CC(N)CC)c1Cl. The lowest BCUT2D eigenvalue weighted by Gasteiger charge is -2.12. The van der Waals surface area contributed by atoms with E-state index in [0.29, 0.717) is 6.54 Å². The van der Waals surface area contributed by atoms with Gasteiger partial charge in [0.1, 0.15) is 5.82 Å². The summed E-state index contributed by atoms with van der Waals surface area (Å²) >= 11 is 6.47. The number of halogens is 1. The van der Waals surface area contributed by atoms with Crippen LogP contribution >= 0.6 is 11.6 Å². The first-order valence-electron chi connectivity index (χ1n) is 7.60. The molecule has 1 unspecified atom stereocenters. The van der Waals surface area contributed by atoms with Crippen molar-refractivity contribution in [1.29, 1.82) is 0 Å². The van der Waals surface area contributed by atoms with Gasteiger partial charge in [0.25, 0.3) is 0 Å². The maximum Gasteiger partial charge on any atom is 0.110 e. The molecule has 2 rings (SSSR count). The van der Waals surface area contributed by atoms with Crippen molar-refractivity contribution in [3.63, 3.8) is 0 Å². The van der Waals surface area contributed by atoms with E-state index >= 15 is 0 Å². The third kappa shape index (κ3) is 3.47. The summed E-state index contributed by atoms with van der Waals surface area (Å²) in [4.78, 5) is 4.42.